The van der Waals surface area contributed by atoms with E-state index in [2.05, 4.69) is 4.98 Å². The summed E-state index contributed by atoms with van der Waals surface area (Å²) in [6.45, 7) is 4.28. The van der Waals surface area contributed by atoms with Crippen molar-refractivity contribution in [2.45, 2.75) is 25.9 Å². The van der Waals surface area contributed by atoms with E-state index in [1.54, 1.807) is 0 Å². The molecule has 0 spiro atoms. The zero-order valence-electron chi connectivity index (χ0n) is 9.76. The van der Waals surface area contributed by atoms with Gasteiger partial charge >= 0.3 is 5.97 Å². The molecule has 0 radical (unpaired) electrons. The zero-order chi connectivity index (χ0) is 12.3. The first-order valence-electron chi connectivity index (χ1n) is 5.76. The van der Waals surface area contributed by atoms with Crippen LogP contribution >= 0.6 is 0 Å². The second-order valence-electron chi connectivity index (χ2n) is 3.96. The average Bonchev–Trinajstić information content (AvgIpc) is 2.80. The quantitative estimate of drug-likeness (QED) is 0.856. The maximum absolute atomic E-state index is 10.7. The summed E-state index contributed by atoms with van der Waals surface area (Å²) in [7, 11) is 0. The normalized spacial score (nSPS) is 17.4. The number of carboxylic acids is 1. The van der Waals surface area contributed by atoms with E-state index in [-0.39, 0.29) is 5.69 Å². The van der Waals surface area contributed by atoms with Crippen LogP contribution in [0.5, 0.6) is 0 Å². The van der Waals surface area contributed by atoms with Crippen molar-refractivity contribution < 1.29 is 19.1 Å². The summed E-state index contributed by atoms with van der Waals surface area (Å²) in [6, 6.07) is 0.386. The summed E-state index contributed by atoms with van der Waals surface area (Å²) in [4.78, 5) is 16.5. The summed E-state index contributed by atoms with van der Waals surface area (Å²) >= 11 is 0. The van der Waals surface area contributed by atoms with Crippen LogP contribution in [0.1, 0.15) is 30.3 Å². The second kappa shape index (κ2) is 5.18. The Hall–Kier alpha value is -1.56. The minimum Gasteiger partial charge on any atom is -0.476 e. The highest BCUT2D eigenvalue weighted by Gasteiger charge is 2.23. The Morgan fingerprint density at radius 3 is 2.88 bits per heavy atom. The van der Waals surface area contributed by atoms with E-state index in [0.717, 1.165) is 32.5 Å². The van der Waals surface area contributed by atoms with Gasteiger partial charge in [0.1, 0.15) is 6.26 Å². The number of carbonyl (C=O) groups is 1. The van der Waals surface area contributed by atoms with Gasteiger partial charge in [-0.1, -0.05) is 0 Å². The van der Waals surface area contributed by atoms with Crippen molar-refractivity contribution in [2.75, 3.05) is 24.6 Å². The Morgan fingerprint density at radius 2 is 2.35 bits per heavy atom. The molecule has 1 saturated heterocycles. The van der Waals surface area contributed by atoms with E-state index in [0.29, 0.717) is 12.1 Å². The van der Waals surface area contributed by atoms with E-state index in [1.165, 1.54) is 6.26 Å². The number of anilines is 1. The van der Waals surface area contributed by atoms with Crippen LogP contribution in [0.25, 0.3) is 0 Å². The van der Waals surface area contributed by atoms with E-state index in [9.17, 15) is 4.79 Å². The van der Waals surface area contributed by atoms with Gasteiger partial charge in [-0.2, -0.15) is 4.98 Å². The number of hydrogen-bond acceptors (Lipinski definition) is 5. The first kappa shape index (κ1) is 11.9. The highest BCUT2D eigenvalue weighted by molar-refractivity contribution is 5.85. The lowest BCUT2D eigenvalue weighted by atomic mass is 10.1. The molecule has 6 nitrogen and oxygen atoms in total. The van der Waals surface area contributed by atoms with Crippen molar-refractivity contribution in [3.63, 3.8) is 0 Å². The van der Waals surface area contributed by atoms with Gasteiger partial charge in [-0.25, -0.2) is 4.79 Å². The predicted octanol–water partition coefficient (Wildman–Crippen LogP) is 1.38. The van der Waals surface area contributed by atoms with Gasteiger partial charge in [-0.05, 0) is 19.8 Å². The van der Waals surface area contributed by atoms with Gasteiger partial charge in [0, 0.05) is 19.7 Å². The fraction of sp³-hybridized carbons (Fsp3) is 0.636. The molecule has 6 heteroatoms. The number of hydrogen-bond donors (Lipinski definition) is 1. The number of carboxylic acid groups (broad SMARTS) is 1. The largest absolute Gasteiger partial charge is 0.476 e. The van der Waals surface area contributed by atoms with E-state index >= 15 is 0 Å². The lowest BCUT2D eigenvalue weighted by Crippen LogP contribution is -2.37. The Morgan fingerprint density at radius 1 is 1.65 bits per heavy atom. The lowest BCUT2D eigenvalue weighted by Gasteiger charge is -2.30. The molecule has 0 aliphatic carbocycles. The van der Waals surface area contributed by atoms with Gasteiger partial charge in [0.05, 0.1) is 6.10 Å². The van der Waals surface area contributed by atoms with Gasteiger partial charge < -0.3 is 19.2 Å². The van der Waals surface area contributed by atoms with Crippen molar-refractivity contribution in [2.24, 2.45) is 0 Å². The van der Waals surface area contributed by atoms with Gasteiger partial charge in [-0.3, -0.25) is 0 Å². The fourth-order valence-corrected chi connectivity index (χ4v) is 1.96. The Kier molecular flexibility index (Phi) is 3.63. The summed E-state index contributed by atoms with van der Waals surface area (Å²) < 4.78 is 10.7. The van der Waals surface area contributed by atoms with Crippen molar-refractivity contribution >= 4 is 12.0 Å². The highest BCUT2D eigenvalue weighted by Crippen LogP contribution is 2.20. The van der Waals surface area contributed by atoms with E-state index < -0.39 is 5.97 Å². The van der Waals surface area contributed by atoms with Crippen LogP contribution in [-0.4, -0.2) is 41.9 Å². The Bertz CT molecular complexity index is 383. The van der Waals surface area contributed by atoms with Crippen LogP contribution in [0.2, 0.25) is 0 Å². The Balaban J connectivity index is 1.93. The van der Waals surface area contributed by atoms with E-state index in [1.807, 2.05) is 11.8 Å². The third kappa shape index (κ3) is 2.76. The molecule has 0 saturated carbocycles. The summed E-state index contributed by atoms with van der Waals surface area (Å²) in [5, 5.41) is 8.75. The van der Waals surface area contributed by atoms with Crippen molar-refractivity contribution in [1.82, 2.24) is 4.98 Å². The summed E-state index contributed by atoms with van der Waals surface area (Å²) in [6.07, 6.45) is 3.30. The molecule has 1 aromatic heterocycles. The predicted molar refractivity (Wildman–Crippen MR) is 60.3 cm³/mol. The molecule has 0 amide bonds. The smallest absolute Gasteiger partial charge is 0.357 e. The molecule has 0 bridgehead atoms. The average molecular weight is 240 g/mol. The van der Waals surface area contributed by atoms with Gasteiger partial charge in [0.25, 0.3) is 6.01 Å². The number of piperidine rings is 1. The number of aromatic carboxylic acids is 1. The molecule has 1 N–H and O–H groups in total. The van der Waals surface area contributed by atoms with Crippen LogP contribution in [0, 0.1) is 0 Å². The lowest BCUT2D eigenvalue weighted by molar-refractivity contribution is 0.0453. The standard InChI is InChI=1S/C11H16N2O4/c1-2-16-8-3-5-13(6-4-8)11-12-9(7-17-11)10(14)15/h7-8H,2-6H2,1H3,(H,14,15). The SMILES string of the molecule is CCOC1CCN(c2nc(C(=O)O)co2)CC1. The summed E-state index contributed by atoms with van der Waals surface area (Å²) in [5.74, 6) is -1.07. The van der Waals surface area contributed by atoms with Crippen LogP contribution in [0.15, 0.2) is 10.7 Å². The topological polar surface area (TPSA) is 75.8 Å². The first-order valence-corrected chi connectivity index (χ1v) is 5.76. The van der Waals surface area contributed by atoms with Crippen molar-refractivity contribution in [3.8, 4) is 0 Å². The molecular formula is C11H16N2O4. The van der Waals surface area contributed by atoms with Crippen LogP contribution in [0.3, 0.4) is 0 Å². The van der Waals surface area contributed by atoms with E-state index in [4.69, 9.17) is 14.3 Å². The molecule has 0 unspecified atom stereocenters. The zero-order valence-corrected chi connectivity index (χ0v) is 9.76. The first-order chi connectivity index (χ1) is 8.20. The minimum atomic E-state index is -1.07. The molecule has 0 atom stereocenters. The fourth-order valence-electron chi connectivity index (χ4n) is 1.96. The monoisotopic (exact) mass is 240 g/mol. The third-order valence-corrected chi connectivity index (χ3v) is 2.83. The van der Waals surface area contributed by atoms with Gasteiger partial charge in [-0.15, -0.1) is 0 Å². The number of aromatic nitrogens is 1. The maximum atomic E-state index is 10.7. The van der Waals surface area contributed by atoms with Crippen LogP contribution < -0.4 is 4.90 Å². The molecular weight excluding hydrogens is 224 g/mol. The molecule has 94 valence electrons. The van der Waals surface area contributed by atoms with Crippen LogP contribution in [-0.2, 0) is 4.74 Å². The molecule has 1 aliphatic rings. The highest BCUT2D eigenvalue weighted by atomic mass is 16.5. The van der Waals surface area contributed by atoms with Gasteiger partial charge in [0.15, 0.2) is 5.69 Å². The second-order valence-corrected chi connectivity index (χ2v) is 3.96. The number of rotatable bonds is 4. The van der Waals surface area contributed by atoms with Crippen molar-refractivity contribution in [1.29, 1.82) is 0 Å². The molecule has 2 rings (SSSR count). The molecule has 1 aliphatic heterocycles. The molecule has 17 heavy (non-hydrogen) atoms. The Labute approximate surface area is 99.2 Å². The number of nitrogens with zero attached hydrogens (tertiary/aromatic N) is 2. The molecule has 1 aromatic rings. The number of oxazole rings is 1. The van der Waals surface area contributed by atoms with Crippen LogP contribution in [0.4, 0.5) is 6.01 Å². The molecule has 1 fully saturated rings. The molecule has 0 aromatic carbocycles. The third-order valence-electron chi connectivity index (χ3n) is 2.83. The summed E-state index contributed by atoms with van der Waals surface area (Å²) in [5.41, 5.74) is -0.0491. The van der Waals surface area contributed by atoms with Gasteiger partial charge in [0.2, 0.25) is 0 Å². The minimum absolute atomic E-state index is 0.0491. The van der Waals surface area contributed by atoms with Crippen molar-refractivity contribution in [3.05, 3.63) is 12.0 Å². The molecule has 2 heterocycles. The number of ether oxygens (including phenoxy) is 1. The maximum Gasteiger partial charge on any atom is 0.357 e.